The van der Waals surface area contributed by atoms with Gasteiger partial charge in [0, 0.05) is 32.4 Å². The Hall–Kier alpha value is -2.05. The van der Waals surface area contributed by atoms with Gasteiger partial charge in [-0.2, -0.15) is 30.6 Å². The average Bonchev–Trinajstić information content (AvgIpc) is 2.67. The molecule has 0 radical (unpaired) electrons. The molecule has 0 unspecified atom stereocenters. The third-order valence-corrected chi connectivity index (χ3v) is 6.70. The predicted octanol–water partition coefficient (Wildman–Crippen LogP) is 4.28. The third-order valence-electron chi connectivity index (χ3n) is 4.51. The number of pyridine rings is 1. The third kappa shape index (κ3) is 4.65. The van der Waals surface area contributed by atoms with Crippen molar-refractivity contribution in [3.63, 3.8) is 0 Å². The van der Waals surface area contributed by atoms with Gasteiger partial charge in [-0.15, -0.1) is 0 Å². The Balaban J connectivity index is 1.72. The van der Waals surface area contributed by atoms with Gasteiger partial charge < -0.3 is 4.90 Å². The number of anilines is 1. The average molecular weight is 474 g/mol. The maximum atomic E-state index is 12.7. The number of halogens is 7. The summed E-state index contributed by atoms with van der Waals surface area (Å²) in [6.07, 6.45) is -8.53. The minimum absolute atomic E-state index is 0.0393. The van der Waals surface area contributed by atoms with E-state index in [9.17, 15) is 34.8 Å². The molecule has 0 bridgehead atoms. The number of nitrogens with zero attached hydrogens (tertiary/aromatic N) is 3. The summed E-state index contributed by atoms with van der Waals surface area (Å²) in [5.41, 5.74) is -1.96. The number of benzene rings is 1. The number of piperazine rings is 1. The van der Waals surface area contributed by atoms with Crippen molar-refractivity contribution in [3.8, 4) is 0 Å². The zero-order chi connectivity index (χ0) is 22.3. The highest BCUT2D eigenvalue weighted by molar-refractivity contribution is 7.89. The smallest absolute Gasteiger partial charge is 0.353 e. The van der Waals surface area contributed by atoms with E-state index in [0.29, 0.717) is 18.3 Å². The van der Waals surface area contributed by atoms with Crippen molar-refractivity contribution >= 4 is 27.4 Å². The van der Waals surface area contributed by atoms with Crippen LogP contribution in [0, 0.1) is 0 Å². The highest BCUT2D eigenvalue weighted by Crippen LogP contribution is 2.34. The molecular formula is C17H14ClF6N3O2S. The molecule has 1 aliphatic heterocycles. The summed E-state index contributed by atoms with van der Waals surface area (Å²) in [5, 5.41) is -0.219. The van der Waals surface area contributed by atoms with Crippen LogP contribution in [0.2, 0.25) is 5.02 Å². The van der Waals surface area contributed by atoms with Gasteiger partial charge >= 0.3 is 12.4 Å². The van der Waals surface area contributed by atoms with Gasteiger partial charge in [0.25, 0.3) is 0 Å². The summed E-state index contributed by atoms with van der Waals surface area (Å²) in [5.74, 6) is 0.0937. The second-order valence-corrected chi connectivity index (χ2v) is 8.79. The molecule has 0 amide bonds. The Kier molecular flexibility index (Phi) is 5.95. The molecule has 164 valence electrons. The van der Waals surface area contributed by atoms with E-state index in [-0.39, 0.29) is 41.9 Å². The van der Waals surface area contributed by atoms with Gasteiger partial charge in [0.1, 0.15) is 5.82 Å². The lowest BCUT2D eigenvalue weighted by molar-refractivity contribution is -0.138. The van der Waals surface area contributed by atoms with Crippen LogP contribution in [0.25, 0.3) is 0 Å². The SMILES string of the molecule is O=S(=O)(c1ccc(C(F)(F)F)cc1)N1CCN(c2ncc(C(F)(F)F)cc2Cl)CC1. The van der Waals surface area contributed by atoms with Crippen molar-refractivity contribution < 1.29 is 34.8 Å². The van der Waals surface area contributed by atoms with Gasteiger partial charge in [-0.25, -0.2) is 13.4 Å². The number of aromatic nitrogens is 1. The summed E-state index contributed by atoms with van der Waals surface area (Å²) in [6.45, 7) is 0.112. The van der Waals surface area contributed by atoms with E-state index in [1.807, 2.05) is 0 Å². The standard InChI is InChI=1S/C17H14ClF6N3O2S/c18-14-9-12(17(22,23)24)10-25-15(14)26-5-7-27(8-6-26)30(28,29)13-3-1-11(2-4-13)16(19,20)21/h1-4,9-10H,5-8H2. The molecule has 1 saturated heterocycles. The number of hydrogen-bond acceptors (Lipinski definition) is 4. The van der Waals surface area contributed by atoms with Crippen molar-refractivity contribution in [1.29, 1.82) is 0 Å². The topological polar surface area (TPSA) is 53.5 Å². The van der Waals surface area contributed by atoms with Crippen molar-refractivity contribution in [2.24, 2.45) is 0 Å². The Morgan fingerprint density at radius 3 is 1.87 bits per heavy atom. The van der Waals surface area contributed by atoms with E-state index < -0.39 is 33.5 Å². The number of alkyl halides is 6. The van der Waals surface area contributed by atoms with E-state index in [1.54, 1.807) is 4.90 Å². The fourth-order valence-electron chi connectivity index (χ4n) is 2.92. The van der Waals surface area contributed by atoms with Crippen LogP contribution in [0.3, 0.4) is 0 Å². The fraction of sp³-hybridized carbons (Fsp3) is 0.353. The lowest BCUT2D eigenvalue weighted by Gasteiger charge is -2.35. The molecule has 0 spiro atoms. The van der Waals surface area contributed by atoms with Crippen LogP contribution >= 0.6 is 11.6 Å². The Labute approximate surface area is 172 Å². The quantitative estimate of drug-likeness (QED) is 0.624. The van der Waals surface area contributed by atoms with Crippen molar-refractivity contribution in [2.45, 2.75) is 17.2 Å². The Morgan fingerprint density at radius 1 is 0.867 bits per heavy atom. The highest BCUT2D eigenvalue weighted by Gasteiger charge is 2.34. The zero-order valence-corrected chi connectivity index (χ0v) is 16.6. The van der Waals surface area contributed by atoms with E-state index in [4.69, 9.17) is 11.6 Å². The minimum Gasteiger partial charge on any atom is -0.353 e. The minimum atomic E-state index is -4.59. The monoisotopic (exact) mass is 473 g/mol. The molecule has 1 fully saturated rings. The van der Waals surface area contributed by atoms with Gasteiger partial charge in [-0.05, 0) is 30.3 Å². The van der Waals surface area contributed by atoms with E-state index in [2.05, 4.69) is 4.98 Å². The second kappa shape index (κ2) is 7.89. The molecule has 3 rings (SSSR count). The summed E-state index contributed by atoms with van der Waals surface area (Å²) in [6, 6.07) is 3.90. The second-order valence-electron chi connectivity index (χ2n) is 6.44. The van der Waals surface area contributed by atoms with Crippen LogP contribution in [0.15, 0.2) is 41.4 Å². The molecule has 5 nitrogen and oxygen atoms in total. The molecule has 2 aromatic rings. The number of sulfonamides is 1. The molecule has 0 atom stereocenters. The molecule has 1 aromatic carbocycles. The van der Waals surface area contributed by atoms with Crippen LogP contribution in [-0.4, -0.2) is 43.9 Å². The molecule has 1 aromatic heterocycles. The molecule has 0 aliphatic carbocycles. The Bertz CT molecular complexity index is 1020. The predicted molar refractivity (Wildman–Crippen MR) is 96.7 cm³/mol. The summed E-state index contributed by atoms with van der Waals surface area (Å²) in [7, 11) is -4.03. The van der Waals surface area contributed by atoms with E-state index in [0.717, 1.165) is 22.5 Å². The summed E-state index contributed by atoms with van der Waals surface area (Å²) >= 11 is 5.91. The Morgan fingerprint density at radius 2 is 1.40 bits per heavy atom. The maximum absolute atomic E-state index is 12.7. The van der Waals surface area contributed by atoms with Crippen molar-refractivity contribution in [2.75, 3.05) is 31.1 Å². The molecule has 1 aliphatic rings. The molecule has 0 N–H and O–H groups in total. The van der Waals surface area contributed by atoms with Crippen molar-refractivity contribution in [1.82, 2.24) is 9.29 Å². The van der Waals surface area contributed by atoms with Gasteiger partial charge in [0.15, 0.2) is 0 Å². The molecule has 0 saturated carbocycles. The van der Waals surface area contributed by atoms with Gasteiger partial charge in [-0.3, -0.25) is 0 Å². The fourth-order valence-corrected chi connectivity index (χ4v) is 4.63. The molecule has 30 heavy (non-hydrogen) atoms. The van der Waals surface area contributed by atoms with Gasteiger partial charge in [0.05, 0.1) is 21.0 Å². The van der Waals surface area contributed by atoms with Crippen LogP contribution in [0.1, 0.15) is 11.1 Å². The van der Waals surface area contributed by atoms with Crippen molar-refractivity contribution in [3.05, 3.63) is 52.7 Å². The summed E-state index contributed by atoms with van der Waals surface area (Å²) in [4.78, 5) is 5.01. The molecular weight excluding hydrogens is 460 g/mol. The maximum Gasteiger partial charge on any atom is 0.417 e. The lowest BCUT2D eigenvalue weighted by atomic mass is 10.2. The largest absolute Gasteiger partial charge is 0.417 e. The lowest BCUT2D eigenvalue weighted by Crippen LogP contribution is -2.49. The first-order valence-electron chi connectivity index (χ1n) is 8.45. The first-order valence-corrected chi connectivity index (χ1v) is 10.3. The number of rotatable bonds is 3. The van der Waals surface area contributed by atoms with E-state index in [1.165, 1.54) is 0 Å². The van der Waals surface area contributed by atoms with Crippen LogP contribution in [0.4, 0.5) is 32.2 Å². The molecule has 2 heterocycles. The van der Waals surface area contributed by atoms with Crippen LogP contribution in [-0.2, 0) is 22.4 Å². The molecule has 13 heteroatoms. The first-order chi connectivity index (χ1) is 13.8. The van der Waals surface area contributed by atoms with Crippen LogP contribution < -0.4 is 4.90 Å². The van der Waals surface area contributed by atoms with Crippen LogP contribution in [0.5, 0.6) is 0 Å². The van der Waals surface area contributed by atoms with E-state index >= 15 is 0 Å². The highest BCUT2D eigenvalue weighted by atomic mass is 35.5. The van der Waals surface area contributed by atoms with Gasteiger partial charge in [0.2, 0.25) is 10.0 Å². The summed E-state index contributed by atoms with van der Waals surface area (Å²) < 4.78 is 103. The number of hydrogen-bond donors (Lipinski definition) is 0. The normalized spacial score (nSPS) is 16.7. The van der Waals surface area contributed by atoms with Gasteiger partial charge in [-0.1, -0.05) is 11.6 Å². The first kappa shape index (κ1) is 22.6. The zero-order valence-electron chi connectivity index (χ0n) is 15.0.